The highest BCUT2D eigenvalue weighted by molar-refractivity contribution is 7.99. The summed E-state index contributed by atoms with van der Waals surface area (Å²) in [5.41, 5.74) is 7.28. The fourth-order valence-electron chi connectivity index (χ4n) is 5.16. The van der Waals surface area contributed by atoms with Crippen LogP contribution >= 0.6 is 23.1 Å². The molecule has 6 rings (SSSR count). The van der Waals surface area contributed by atoms with Crippen molar-refractivity contribution in [3.63, 3.8) is 0 Å². The minimum atomic E-state index is -0.309. The number of carbonyl (C=O) groups is 1. The Labute approximate surface area is 263 Å². The van der Waals surface area contributed by atoms with Crippen molar-refractivity contribution in [1.82, 2.24) is 15.0 Å². The Bertz CT molecular complexity index is 1880. The molecule has 8 nitrogen and oxygen atoms in total. The van der Waals surface area contributed by atoms with Crippen LogP contribution in [0.3, 0.4) is 0 Å². The van der Waals surface area contributed by atoms with Gasteiger partial charge in [0.2, 0.25) is 0 Å². The first-order valence-corrected chi connectivity index (χ1v) is 16.2. The lowest BCUT2D eigenvalue weighted by atomic mass is 9.97. The Morgan fingerprint density at radius 1 is 1.07 bits per heavy atom. The number of aryl methyl sites for hydroxylation is 3. The number of thiophene rings is 1. The minimum absolute atomic E-state index is 0.0435. The fourth-order valence-corrected chi connectivity index (χ4v) is 7.27. The van der Waals surface area contributed by atoms with E-state index >= 15 is 0 Å². The number of ether oxygens (including phenoxy) is 2. The molecule has 44 heavy (non-hydrogen) atoms. The van der Waals surface area contributed by atoms with Gasteiger partial charge in [-0.1, -0.05) is 59.8 Å². The van der Waals surface area contributed by atoms with Gasteiger partial charge in [0.25, 0.3) is 11.5 Å². The van der Waals surface area contributed by atoms with E-state index < -0.39 is 0 Å². The van der Waals surface area contributed by atoms with E-state index in [1.54, 1.807) is 35.3 Å². The molecule has 2 aromatic heterocycles. The molecular weight excluding hydrogens is 593 g/mol. The molecule has 0 unspecified atom stereocenters. The predicted octanol–water partition coefficient (Wildman–Crippen LogP) is 6.46. The number of methoxy groups -OCH3 is 1. The summed E-state index contributed by atoms with van der Waals surface area (Å²) in [6.07, 6.45) is 5.65. The average molecular weight is 625 g/mol. The van der Waals surface area contributed by atoms with Gasteiger partial charge in [-0.3, -0.25) is 14.2 Å². The van der Waals surface area contributed by atoms with Gasteiger partial charge in [0.15, 0.2) is 16.7 Å². The molecule has 0 saturated carbocycles. The number of amides is 1. The van der Waals surface area contributed by atoms with Gasteiger partial charge in [0, 0.05) is 4.88 Å². The maximum Gasteiger partial charge on any atom is 0.267 e. The smallest absolute Gasteiger partial charge is 0.267 e. The van der Waals surface area contributed by atoms with Gasteiger partial charge in [-0.25, -0.2) is 10.4 Å². The molecule has 0 atom stereocenters. The molecule has 0 bridgehead atoms. The summed E-state index contributed by atoms with van der Waals surface area (Å²) in [7, 11) is 1.58. The summed E-state index contributed by atoms with van der Waals surface area (Å²) in [6, 6.07) is 23.1. The molecule has 1 aliphatic carbocycles. The van der Waals surface area contributed by atoms with Gasteiger partial charge in [0.1, 0.15) is 11.4 Å². The number of nitrogens with one attached hydrogen (secondary N) is 1. The van der Waals surface area contributed by atoms with Crippen molar-refractivity contribution < 1.29 is 14.3 Å². The number of aromatic nitrogens is 2. The molecule has 10 heteroatoms. The minimum Gasteiger partial charge on any atom is -0.493 e. The van der Waals surface area contributed by atoms with E-state index in [9.17, 15) is 9.59 Å². The zero-order chi connectivity index (χ0) is 30.5. The number of benzene rings is 3. The second-order valence-corrected chi connectivity index (χ2v) is 12.6. The van der Waals surface area contributed by atoms with Crippen LogP contribution < -0.4 is 20.5 Å². The number of thioether (sulfide) groups is 1. The van der Waals surface area contributed by atoms with Crippen LogP contribution in [0.25, 0.3) is 15.9 Å². The number of hydrogen-bond acceptors (Lipinski definition) is 8. The molecule has 5 aromatic rings. The van der Waals surface area contributed by atoms with Crippen molar-refractivity contribution in [3.8, 4) is 17.2 Å². The van der Waals surface area contributed by atoms with Gasteiger partial charge < -0.3 is 9.47 Å². The Balaban J connectivity index is 1.15. The van der Waals surface area contributed by atoms with Crippen LogP contribution in [0.2, 0.25) is 0 Å². The van der Waals surface area contributed by atoms with E-state index in [0.29, 0.717) is 23.3 Å². The van der Waals surface area contributed by atoms with E-state index in [-0.39, 0.29) is 17.2 Å². The first-order valence-electron chi connectivity index (χ1n) is 14.4. The molecule has 0 radical (unpaired) electrons. The molecule has 3 aromatic carbocycles. The lowest BCUT2D eigenvalue weighted by Crippen LogP contribution is -2.24. The molecule has 2 heterocycles. The molecule has 0 spiro atoms. The summed E-state index contributed by atoms with van der Waals surface area (Å²) in [5, 5.41) is 5.34. The second-order valence-electron chi connectivity index (χ2n) is 10.5. The highest BCUT2D eigenvalue weighted by Crippen LogP contribution is 2.35. The Hall–Kier alpha value is -4.41. The number of carbonyl (C=O) groups excluding carboxylic acids is 1. The fraction of sp³-hybridized carbons (Fsp3) is 0.235. The van der Waals surface area contributed by atoms with Crippen LogP contribution in [-0.2, 0) is 24.2 Å². The highest BCUT2D eigenvalue weighted by Gasteiger charge is 2.23. The third kappa shape index (κ3) is 6.56. The van der Waals surface area contributed by atoms with Crippen molar-refractivity contribution in [2.24, 2.45) is 5.10 Å². The van der Waals surface area contributed by atoms with E-state index in [2.05, 4.69) is 10.5 Å². The van der Waals surface area contributed by atoms with E-state index in [1.165, 1.54) is 16.6 Å². The first kappa shape index (κ1) is 29.7. The first-order chi connectivity index (χ1) is 21.5. The topological polar surface area (TPSA) is 94.8 Å². The van der Waals surface area contributed by atoms with Crippen LogP contribution in [0.15, 0.2) is 87.8 Å². The van der Waals surface area contributed by atoms with Crippen LogP contribution in [0, 0.1) is 6.92 Å². The molecular formula is C34H32N4O4S2. The average Bonchev–Trinajstić information content (AvgIpc) is 3.43. The number of hydrogen-bond donors (Lipinski definition) is 1. The van der Waals surface area contributed by atoms with Gasteiger partial charge >= 0.3 is 0 Å². The van der Waals surface area contributed by atoms with E-state index in [1.807, 2.05) is 73.7 Å². The SMILES string of the molecule is COc1cc(/C=N/NC(=O)CSc2nc3sc4c(c3c(=O)n2-c2ccc(C)cc2)CCCC4)ccc1OCc1ccccc1. The molecule has 0 fully saturated rings. The summed E-state index contributed by atoms with van der Waals surface area (Å²) < 4.78 is 13.1. The summed E-state index contributed by atoms with van der Waals surface area (Å²) in [4.78, 5) is 33.6. The monoisotopic (exact) mass is 624 g/mol. The van der Waals surface area contributed by atoms with Crippen molar-refractivity contribution in [1.29, 1.82) is 0 Å². The third-order valence-electron chi connectivity index (χ3n) is 7.41. The standard InChI is InChI=1S/C34H32N4O4S2/c1-22-12-15-25(16-13-22)38-33(40)31-26-10-6-7-11-29(26)44-32(31)36-34(38)43-21-30(39)37-35-19-24-14-17-27(28(18-24)41-2)42-20-23-8-4-3-5-9-23/h3-5,8-9,12-19H,6-7,10-11,20-21H2,1-2H3,(H,37,39)/b35-19+. The van der Waals surface area contributed by atoms with Gasteiger partial charge in [-0.15, -0.1) is 11.3 Å². The van der Waals surface area contributed by atoms with Crippen molar-refractivity contribution in [2.75, 3.05) is 12.9 Å². The number of rotatable bonds is 10. The number of hydrazone groups is 1. The lowest BCUT2D eigenvalue weighted by molar-refractivity contribution is -0.118. The van der Waals surface area contributed by atoms with Crippen molar-refractivity contribution >= 4 is 45.4 Å². The summed E-state index contributed by atoms with van der Waals surface area (Å²) in [6.45, 7) is 2.43. The quantitative estimate of drug-likeness (QED) is 0.0829. The van der Waals surface area contributed by atoms with Crippen LogP contribution in [-0.4, -0.2) is 34.5 Å². The largest absolute Gasteiger partial charge is 0.493 e. The Morgan fingerprint density at radius 2 is 1.86 bits per heavy atom. The normalized spacial score (nSPS) is 12.8. The molecule has 1 amide bonds. The molecule has 1 aliphatic rings. The molecule has 0 saturated heterocycles. The highest BCUT2D eigenvalue weighted by atomic mass is 32.2. The maximum absolute atomic E-state index is 13.9. The Kier molecular flexibility index (Phi) is 9.09. The third-order valence-corrected chi connectivity index (χ3v) is 9.53. The Morgan fingerprint density at radius 3 is 2.66 bits per heavy atom. The molecule has 224 valence electrons. The summed E-state index contributed by atoms with van der Waals surface area (Å²) >= 11 is 2.83. The zero-order valence-corrected chi connectivity index (χ0v) is 26.2. The second kappa shape index (κ2) is 13.5. The summed E-state index contributed by atoms with van der Waals surface area (Å²) in [5.74, 6) is 0.917. The van der Waals surface area contributed by atoms with Crippen molar-refractivity contribution in [3.05, 3.63) is 110 Å². The van der Waals surface area contributed by atoms with Gasteiger partial charge in [0.05, 0.1) is 30.2 Å². The van der Waals surface area contributed by atoms with Crippen LogP contribution in [0.1, 0.15) is 40.0 Å². The number of nitrogens with zero attached hydrogens (tertiary/aromatic N) is 3. The molecule has 1 N–H and O–H groups in total. The van der Waals surface area contributed by atoms with E-state index in [0.717, 1.165) is 63.8 Å². The predicted molar refractivity (Wildman–Crippen MR) is 177 cm³/mol. The van der Waals surface area contributed by atoms with E-state index in [4.69, 9.17) is 14.5 Å². The zero-order valence-electron chi connectivity index (χ0n) is 24.5. The van der Waals surface area contributed by atoms with Crippen molar-refractivity contribution in [2.45, 2.75) is 44.4 Å². The van der Waals surface area contributed by atoms with Crippen LogP contribution in [0.5, 0.6) is 11.5 Å². The van der Waals surface area contributed by atoms with Crippen LogP contribution in [0.4, 0.5) is 0 Å². The van der Waals surface area contributed by atoms with Gasteiger partial charge in [-0.2, -0.15) is 5.10 Å². The van der Waals surface area contributed by atoms with Gasteiger partial charge in [-0.05, 0) is 79.6 Å². The lowest BCUT2D eigenvalue weighted by Gasteiger charge is -2.13. The number of fused-ring (bicyclic) bond motifs is 3. The molecule has 0 aliphatic heterocycles. The maximum atomic E-state index is 13.9.